The molecule has 2 atom stereocenters. The van der Waals surface area contributed by atoms with Crippen LogP contribution in [0.1, 0.15) is 25.5 Å². The van der Waals surface area contributed by atoms with Crippen molar-refractivity contribution in [2.45, 2.75) is 32.5 Å². The van der Waals surface area contributed by atoms with Gasteiger partial charge in [0.2, 0.25) is 5.91 Å². The molecule has 0 aliphatic rings. The third kappa shape index (κ3) is 5.85. The Balaban J connectivity index is 0.00000324. The highest BCUT2D eigenvalue weighted by Gasteiger charge is 2.13. The van der Waals surface area contributed by atoms with Gasteiger partial charge >= 0.3 is 6.61 Å². The van der Waals surface area contributed by atoms with Crippen molar-refractivity contribution in [1.29, 1.82) is 0 Å². The number of carbonyl (C=O) groups is 1. The van der Waals surface area contributed by atoms with Crippen molar-refractivity contribution in [3.63, 3.8) is 0 Å². The van der Waals surface area contributed by atoms with Gasteiger partial charge in [0.25, 0.3) is 0 Å². The number of amides is 1. The van der Waals surface area contributed by atoms with Gasteiger partial charge in [-0.1, -0.05) is 12.1 Å². The van der Waals surface area contributed by atoms with Crippen LogP contribution >= 0.6 is 12.4 Å². The summed E-state index contributed by atoms with van der Waals surface area (Å²) in [4.78, 5) is 11.4. The lowest BCUT2D eigenvalue weighted by Gasteiger charge is -2.16. The Morgan fingerprint density at radius 3 is 2.21 bits per heavy atom. The maximum absolute atomic E-state index is 11.9. The van der Waals surface area contributed by atoms with Crippen LogP contribution in [0.4, 0.5) is 8.78 Å². The summed E-state index contributed by atoms with van der Waals surface area (Å²) in [5.41, 5.74) is 6.21. The zero-order valence-electron chi connectivity index (χ0n) is 10.6. The van der Waals surface area contributed by atoms with E-state index in [1.165, 1.54) is 12.1 Å². The highest BCUT2D eigenvalue weighted by Crippen LogP contribution is 2.19. The summed E-state index contributed by atoms with van der Waals surface area (Å²) < 4.78 is 28.1. The fraction of sp³-hybridized carbons (Fsp3) is 0.417. The van der Waals surface area contributed by atoms with E-state index in [1.54, 1.807) is 26.0 Å². The molecule has 4 nitrogen and oxygen atoms in total. The Morgan fingerprint density at radius 2 is 1.79 bits per heavy atom. The summed E-state index contributed by atoms with van der Waals surface area (Å²) in [6, 6.07) is 5.25. The van der Waals surface area contributed by atoms with E-state index < -0.39 is 12.7 Å². The van der Waals surface area contributed by atoms with E-state index in [0.29, 0.717) is 0 Å². The second-order valence-electron chi connectivity index (χ2n) is 3.97. The van der Waals surface area contributed by atoms with E-state index in [9.17, 15) is 13.6 Å². The van der Waals surface area contributed by atoms with E-state index in [-0.39, 0.29) is 30.1 Å². The van der Waals surface area contributed by atoms with E-state index in [0.717, 1.165) is 5.56 Å². The van der Waals surface area contributed by atoms with E-state index in [4.69, 9.17) is 5.73 Å². The van der Waals surface area contributed by atoms with Crippen LogP contribution in [-0.4, -0.2) is 18.6 Å². The highest BCUT2D eigenvalue weighted by molar-refractivity contribution is 5.85. The molecule has 0 spiro atoms. The summed E-state index contributed by atoms with van der Waals surface area (Å²) in [6.45, 7) is 0.524. The van der Waals surface area contributed by atoms with E-state index in [1.807, 2.05) is 0 Å². The Labute approximate surface area is 116 Å². The minimum atomic E-state index is -2.84. The third-order valence-electron chi connectivity index (χ3n) is 2.38. The predicted octanol–water partition coefficient (Wildman–Crippen LogP) is 2.23. The van der Waals surface area contributed by atoms with Gasteiger partial charge in [-0.25, -0.2) is 0 Å². The maximum atomic E-state index is 11.9. The summed E-state index contributed by atoms with van der Waals surface area (Å²) in [5.74, 6) is -0.185. The Morgan fingerprint density at radius 1 is 1.26 bits per heavy atom. The van der Waals surface area contributed by atoms with Gasteiger partial charge in [-0.3, -0.25) is 4.79 Å². The third-order valence-corrected chi connectivity index (χ3v) is 2.38. The number of carbonyl (C=O) groups excluding carboxylic acids is 1. The number of benzene rings is 1. The average molecular weight is 295 g/mol. The Hall–Kier alpha value is -1.40. The maximum Gasteiger partial charge on any atom is 0.387 e. The normalized spacial score (nSPS) is 13.4. The summed E-state index contributed by atoms with van der Waals surface area (Å²) in [6.07, 6.45) is 0. The molecule has 1 amide bonds. The van der Waals surface area contributed by atoms with Crippen LogP contribution in [0.15, 0.2) is 24.3 Å². The molecule has 0 radical (unpaired) electrons. The number of rotatable bonds is 5. The van der Waals surface area contributed by atoms with Gasteiger partial charge in [0, 0.05) is 0 Å². The van der Waals surface area contributed by atoms with Crippen molar-refractivity contribution in [2.24, 2.45) is 5.73 Å². The molecular weight excluding hydrogens is 278 g/mol. The predicted molar refractivity (Wildman–Crippen MR) is 70.5 cm³/mol. The van der Waals surface area contributed by atoms with Gasteiger partial charge in [-0.15, -0.1) is 12.4 Å². The smallest absolute Gasteiger partial charge is 0.387 e. The number of ether oxygens (including phenoxy) is 1. The number of hydrogen-bond acceptors (Lipinski definition) is 3. The molecule has 19 heavy (non-hydrogen) atoms. The molecule has 3 N–H and O–H groups in total. The zero-order chi connectivity index (χ0) is 13.7. The van der Waals surface area contributed by atoms with Crippen molar-refractivity contribution >= 4 is 18.3 Å². The molecule has 0 saturated heterocycles. The first-order valence-electron chi connectivity index (χ1n) is 5.51. The van der Waals surface area contributed by atoms with Crippen molar-refractivity contribution in [3.8, 4) is 5.75 Å². The van der Waals surface area contributed by atoms with Crippen molar-refractivity contribution in [1.82, 2.24) is 5.32 Å². The molecular formula is C12H17ClF2N2O2. The number of nitrogens with one attached hydrogen (secondary N) is 1. The van der Waals surface area contributed by atoms with Crippen molar-refractivity contribution < 1.29 is 18.3 Å². The minimum absolute atomic E-state index is 0. The molecule has 1 rings (SSSR count). The van der Waals surface area contributed by atoms with Crippen molar-refractivity contribution in [3.05, 3.63) is 29.8 Å². The number of hydrogen-bond donors (Lipinski definition) is 2. The first-order valence-corrected chi connectivity index (χ1v) is 5.51. The molecule has 0 heterocycles. The molecule has 0 aliphatic heterocycles. The number of halogens is 3. The van der Waals surface area contributed by atoms with Gasteiger partial charge in [0.15, 0.2) is 0 Å². The van der Waals surface area contributed by atoms with E-state index in [2.05, 4.69) is 10.1 Å². The molecule has 0 aromatic heterocycles. The van der Waals surface area contributed by atoms with Gasteiger partial charge in [-0.2, -0.15) is 8.78 Å². The summed E-state index contributed by atoms with van der Waals surface area (Å²) >= 11 is 0. The molecule has 0 bridgehead atoms. The quantitative estimate of drug-likeness (QED) is 0.875. The molecule has 0 fully saturated rings. The second kappa shape index (κ2) is 7.91. The largest absolute Gasteiger partial charge is 0.435 e. The van der Waals surface area contributed by atoms with Crippen LogP contribution in [0.3, 0.4) is 0 Å². The Kier molecular flexibility index (Phi) is 7.33. The molecule has 1 aromatic rings. The van der Waals surface area contributed by atoms with Crippen LogP contribution in [-0.2, 0) is 4.79 Å². The molecule has 108 valence electrons. The monoisotopic (exact) mass is 294 g/mol. The lowest BCUT2D eigenvalue weighted by atomic mass is 10.1. The SMILES string of the molecule is CC(NC(=O)[C@@H](C)N)c1ccc(OC(F)F)cc1.Cl. The molecule has 0 saturated carbocycles. The summed E-state index contributed by atoms with van der Waals surface area (Å²) in [7, 11) is 0. The van der Waals surface area contributed by atoms with Gasteiger partial charge < -0.3 is 15.8 Å². The molecule has 1 aromatic carbocycles. The van der Waals surface area contributed by atoms with Crippen LogP contribution in [0.25, 0.3) is 0 Å². The lowest BCUT2D eigenvalue weighted by Crippen LogP contribution is -2.39. The fourth-order valence-electron chi connectivity index (χ4n) is 1.37. The van der Waals surface area contributed by atoms with Crippen LogP contribution in [0, 0.1) is 0 Å². The van der Waals surface area contributed by atoms with Gasteiger partial charge in [0.1, 0.15) is 5.75 Å². The second-order valence-corrected chi connectivity index (χ2v) is 3.97. The Bertz CT molecular complexity index is 399. The fourth-order valence-corrected chi connectivity index (χ4v) is 1.37. The number of alkyl halides is 2. The van der Waals surface area contributed by atoms with Crippen molar-refractivity contribution in [2.75, 3.05) is 0 Å². The van der Waals surface area contributed by atoms with Gasteiger partial charge in [0.05, 0.1) is 12.1 Å². The standard InChI is InChI=1S/C12H16F2N2O2.ClH/c1-7(15)11(17)16-8(2)9-3-5-10(6-4-9)18-12(13)14;/h3-8,12H,15H2,1-2H3,(H,16,17);1H/t7-,8?;/m1./s1. The van der Waals surface area contributed by atoms with Crippen LogP contribution in [0.5, 0.6) is 5.75 Å². The average Bonchev–Trinajstić information content (AvgIpc) is 2.28. The highest BCUT2D eigenvalue weighted by atomic mass is 35.5. The zero-order valence-corrected chi connectivity index (χ0v) is 11.4. The molecule has 7 heteroatoms. The van der Waals surface area contributed by atoms with Crippen LogP contribution in [0.2, 0.25) is 0 Å². The first kappa shape index (κ1) is 17.6. The molecule has 1 unspecified atom stereocenters. The van der Waals surface area contributed by atoms with Crippen LogP contribution < -0.4 is 15.8 Å². The topological polar surface area (TPSA) is 64.4 Å². The summed E-state index contributed by atoms with van der Waals surface area (Å²) in [5, 5.41) is 2.70. The molecule has 0 aliphatic carbocycles. The first-order chi connectivity index (χ1) is 8.40. The number of nitrogens with two attached hydrogens (primary N) is 1. The lowest BCUT2D eigenvalue weighted by molar-refractivity contribution is -0.122. The minimum Gasteiger partial charge on any atom is -0.435 e. The van der Waals surface area contributed by atoms with Gasteiger partial charge in [-0.05, 0) is 31.5 Å². The van der Waals surface area contributed by atoms with E-state index >= 15 is 0 Å².